The van der Waals surface area contributed by atoms with Crippen LogP contribution in [-0.2, 0) is 4.74 Å². The first kappa shape index (κ1) is 17.3. The quantitative estimate of drug-likeness (QED) is 0.786. The molecule has 4 nitrogen and oxygen atoms in total. The molecule has 0 aromatic carbocycles. The minimum Gasteiger partial charge on any atom is -0.444 e. The van der Waals surface area contributed by atoms with E-state index in [9.17, 15) is 4.79 Å². The average Bonchev–Trinajstić information content (AvgIpc) is 2.78. The number of ether oxygens (including phenoxy) is 1. The molecule has 0 spiro atoms. The van der Waals surface area contributed by atoms with Crippen molar-refractivity contribution in [3.63, 3.8) is 0 Å². The van der Waals surface area contributed by atoms with E-state index in [-0.39, 0.29) is 6.09 Å². The molecular weight excluding hydrogens is 252 g/mol. The summed E-state index contributed by atoms with van der Waals surface area (Å²) in [5.74, 6) is 1.25. The normalized spacial score (nSPS) is 24.4. The van der Waals surface area contributed by atoms with Crippen molar-refractivity contribution >= 4 is 6.09 Å². The molecule has 0 aromatic heterocycles. The van der Waals surface area contributed by atoms with E-state index in [1.807, 2.05) is 20.8 Å². The summed E-state index contributed by atoms with van der Waals surface area (Å²) in [6.07, 6.45) is 4.56. The van der Waals surface area contributed by atoms with Crippen LogP contribution in [0.4, 0.5) is 4.79 Å². The maximum atomic E-state index is 11.7. The van der Waals surface area contributed by atoms with E-state index < -0.39 is 5.60 Å². The molecule has 0 radical (unpaired) electrons. The number of carbonyl (C=O) groups excluding carboxylic acids is 1. The third kappa shape index (κ3) is 6.60. The topological polar surface area (TPSA) is 50.4 Å². The average molecular weight is 284 g/mol. The molecule has 1 aliphatic rings. The van der Waals surface area contributed by atoms with Crippen LogP contribution in [0, 0.1) is 11.8 Å². The van der Waals surface area contributed by atoms with Crippen LogP contribution < -0.4 is 10.6 Å². The molecule has 3 unspecified atom stereocenters. The number of hydrogen-bond donors (Lipinski definition) is 2. The van der Waals surface area contributed by atoms with Gasteiger partial charge in [0.25, 0.3) is 0 Å². The fourth-order valence-corrected chi connectivity index (χ4v) is 2.58. The molecule has 1 rings (SSSR count). The molecule has 4 heteroatoms. The van der Waals surface area contributed by atoms with E-state index in [2.05, 4.69) is 24.5 Å². The third-order valence-electron chi connectivity index (χ3n) is 3.99. The molecule has 1 aliphatic carbocycles. The van der Waals surface area contributed by atoms with Gasteiger partial charge in [-0.05, 0) is 52.0 Å². The Morgan fingerprint density at radius 1 is 1.35 bits per heavy atom. The van der Waals surface area contributed by atoms with E-state index in [0.717, 1.165) is 12.5 Å². The SMILES string of the molecule is CCC(C)CNC1CCCC1CNC(=O)OC(C)(C)C. The summed E-state index contributed by atoms with van der Waals surface area (Å²) < 4.78 is 5.28. The summed E-state index contributed by atoms with van der Waals surface area (Å²) in [6, 6.07) is 0.541. The minimum atomic E-state index is -0.423. The molecule has 20 heavy (non-hydrogen) atoms. The lowest BCUT2D eigenvalue weighted by Crippen LogP contribution is -2.42. The number of amides is 1. The number of carbonyl (C=O) groups is 1. The lowest BCUT2D eigenvalue weighted by atomic mass is 10.0. The van der Waals surface area contributed by atoms with Crippen molar-refractivity contribution in [1.82, 2.24) is 10.6 Å². The van der Waals surface area contributed by atoms with Gasteiger partial charge in [-0.3, -0.25) is 0 Å². The van der Waals surface area contributed by atoms with Gasteiger partial charge in [0.05, 0.1) is 0 Å². The Morgan fingerprint density at radius 2 is 2.05 bits per heavy atom. The first-order valence-corrected chi connectivity index (χ1v) is 8.02. The fourth-order valence-electron chi connectivity index (χ4n) is 2.58. The van der Waals surface area contributed by atoms with Crippen molar-refractivity contribution < 1.29 is 9.53 Å². The molecule has 0 saturated heterocycles. The van der Waals surface area contributed by atoms with Gasteiger partial charge >= 0.3 is 6.09 Å². The van der Waals surface area contributed by atoms with Gasteiger partial charge in [0.2, 0.25) is 0 Å². The Hall–Kier alpha value is -0.770. The van der Waals surface area contributed by atoms with Crippen LogP contribution in [0.2, 0.25) is 0 Å². The highest BCUT2D eigenvalue weighted by Gasteiger charge is 2.28. The monoisotopic (exact) mass is 284 g/mol. The van der Waals surface area contributed by atoms with Crippen LogP contribution in [0.25, 0.3) is 0 Å². The Labute approximate surface area is 124 Å². The van der Waals surface area contributed by atoms with Gasteiger partial charge in [-0.15, -0.1) is 0 Å². The number of hydrogen-bond acceptors (Lipinski definition) is 3. The summed E-state index contributed by atoms with van der Waals surface area (Å²) >= 11 is 0. The fraction of sp³-hybridized carbons (Fsp3) is 0.938. The molecule has 0 aliphatic heterocycles. The van der Waals surface area contributed by atoms with E-state index in [4.69, 9.17) is 4.74 Å². The first-order valence-electron chi connectivity index (χ1n) is 8.02. The van der Waals surface area contributed by atoms with Crippen molar-refractivity contribution in [3.8, 4) is 0 Å². The molecule has 1 fully saturated rings. The van der Waals surface area contributed by atoms with Gasteiger partial charge in [-0.1, -0.05) is 26.7 Å². The Morgan fingerprint density at radius 3 is 2.65 bits per heavy atom. The van der Waals surface area contributed by atoms with Gasteiger partial charge in [0, 0.05) is 12.6 Å². The van der Waals surface area contributed by atoms with Gasteiger partial charge < -0.3 is 15.4 Å². The van der Waals surface area contributed by atoms with Crippen molar-refractivity contribution in [1.29, 1.82) is 0 Å². The summed E-state index contributed by atoms with van der Waals surface area (Å²) in [5, 5.41) is 6.57. The number of rotatable bonds is 6. The molecule has 3 atom stereocenters. The molecular formula is C16H32N2O2. The molecule has 1 saturated carbocycles. The van der Waals surface area contributed by atoms with Crippen LogP contribution in [0.5, 0.6) is 0 Å². The maximum Gasteiger partial charge on any atom is 0.407 e. The zero-order valence-electron chi connectivity index (χ0n) is 13.8. The van der Waals surface area contributed by atoms with Gasteiger partial charge in [0.1, 0.15) is 5.60 Å². The van der Waals surface area contributed by atoms with Crippen molar-refractivity contribution in [2.75, 3.05) is 13.1 Å². The van der Waals surface area contributed by atoms with Crippen LogP contribution in [0.15, 0.2) is 0 Å². The lowest BCUT2D eigenvalue weighted by Gasteiger charge is -2.24. The van der Waals surface area contributed by atoms with Crippen molar-refractivity contribution in [2.24, 2.45) is 11.8 Å². The molecule has 0 bridgehead atoms. The third-order valence-corrected chi connectivity index (χ3v) is 3.99. The second-order valence-corrected chi connectivity index (χ2v) is 7.10. The van der Waals surface area contributed by atoms with E-state index >= 15 is 0 Å². The van der Waals surface area contributed by atoms with E-state index in [0.29, 0.717) is 18.5 Å². The summed E-state index contributed by atoms with van der Waals surface area (Å²) in [6.45, 7) is 11.9. The van der Waals surface area contributed by atoms with Crippen LogP contribution in [0.3, 0.4) is 0 Å². The summed E-state index contributed by atoms with van der Waals surface area (Å²) in [7, 11) is 0. The highest BCUT2D eigenvalue weighted by molar-refractivity contribution is 5.67. The largest absolute Gasteiger partial charge is 0.444 e. The predicted octanol–water partition coefficient (Wildman–Crippen LogP) is 3.32. The highest BCUT2D eigenvalue weighted by atomic mass is 16.6. The second-order valence-electron chi connectivity index (χ2n) is 7.10. The van der Waals surface area contributed by atoms with Gasteiger partial charge in [0.15, 0.2) is 0 Å². The standard InChI is InChI=1S/C16H32N2O2/c1-6-12(2)10-17-14-9-7-8-13(14)11-18-15(19)20-16(3,4)5/h12-14,17H,6-11H2,1-5H3,(H,18,19). The molecule has 0 heterocycles. The number of nitrogens with one attached hydrogen (secondary N) is 2. The molecule has 118 valence electrons. The minimum absolute atomic E-state index is 0.301. The van der Waals surface area contributed by atoms with Crippen molar-refractivity contribution in [2.45, 2.75) is 71.9 Å². The van der Waals surface area contributed by atoms with Crippen LogP contribution >= 0.6 is 0 Å². The smallest absolute Gasteiger partial charge is 0.407 e. The van der Waals surface area contributed by atoms with Crippen LogP contribution in [0.1, 0.15) is 60.3 Å². The second kappa shape index (κ2) is 7.87. The predicted molar refractivity (Wildman–Crippen MR) is 82.8 cm³/mol. The zero-order chi connectivity index (χ0) is 15.2. The molecule has 1 amide bonds. The summed E-state index contributed by atoms with van der Waals surface area (Å²) in [5.41, 5.74) is -0.423. The zero-order valence-corrected chi connectivity index (χ0v) is 13.8. The Kier molecular flexibility index (Phi) is 6.80. The van der Waals surface area contributed by atoms with Crippen LogP contribution in [-0.4, -0.2) is 30.8 Å². The molecule has 2 N–H and O–H groups in total. The lowest BCUT2D eigenvalue weighted by molar-refractivity contribution is 0.0517. The Bertz CT molecular complexity index is 299. The van der Waals surface area contributed by atoms with Crippen molar-refractivity contribution in [3.05, 3.63) is 0 Å². The Balaban J connectivity index is 2.29. The highest BCUT2D eigenvalue weighted by Crippen LogP contribution is 2.25. The first-order chi connectivity index (χ1) is 9.31. The maximum absolute atomic E-state index is 11.7. The molecule has 0 aromatic rings. The summed E-state index contributed by atoms with van der Waals surface area (Å²) in [4.78, 5) is 11.7. The van der Waals surface area contributed by atoms with E-state index in [1.165, 1.54) is 25.7 Å². The van der Waals surface area contributed by atoms with Gasteiger partial charge in [-0.2, -0.15) is 0 Å². The number of alkyl carbamates (subject to hydrolysis) is 1. The van der Waals surface area contributed by atoms with Gasteiger partial charge in [-0.25, -0.2) is 4.79 Å². The van der Waals surface area contributed by atoms with E-state index in [1.54, 1.807) is 0 Å².